The van der Waals surface area contributed by atoms with Crippen LogP contribution in [0.2, 0.25) is 0 Å². The molecule has 0 atom stereocenters. The fourth-order valence-electron chi connectivity index (χ4n) is 1.60. The quantitative estimate of drug-likeness (QED) is 0.547. The number of nitrogen functional groups attached to an aromatic ring is 1. The van der Waals surface area contributed by atoms with Gasteiger partial charge in [-0.05, 0) is 30.4 Å². The van der Waals surface area contributed by atoms with Gasteiger partial charge in [-0.15, -0.1) is 11.8 Å². The van der Waals surface area contributed by atoms with Gasteiger partial charge in [-0.25, -0.2) is 0 Å². The molecule has 1 aromatic rings. The van der Waals surface area contributed by atoms with Crippen molar-refractivity contribution < 1.29 is 4.79 Å². The van der Waals surface area contributed by atoms with Crippen LogP contribution < -0.4 is 11.1 Å². The fourth-order valence-corrected chi connectivity index (χ4v) is 2.15. The molecule has 0 saturated heterocycles. The zero-order chi connectivity index (χ0) is 10.1. The van der Waals surface area contributed by atoms with E-state index in [0.29, 0.717) is 6.42 Å². The van der Waals surface area contributed by atoms with E-state index >= 15 is 0 Å². The molecule has 74 valence electrons. The van der Waals surface area contributed by atoms with Crippen LogP contribution in [0.4, 0.5) is 11.4 Å². The van der Waals surface area contributed by atoms with Crippen LogP contribution in [0.1, 0.15) is 12.0 Å². The Morgan fingerprint density at radius 1 is 1.43 bits per heavy atom. The number of anilines is 2. The zero-order valence-electron chi connectivity index (χ0n) is 7.96. The summed E-state index contributed by atoms with van der Waals surface area (Å²) < 4.78 is 0. The molecule has 0 fully saturated rings. The van der Waals surface area contributed by atoms with Gasteiger partial charge in [0.2, 0.25) is 5.91 Å². The van der Waals surface area contributed by atoms with Crippen molar-refractivity contribution in [1.29, 1.82) is 0 Å². The first-order chi connectivity index (χ1) is 6.70. The van der Waals surface area contributed by atoms with E-state index in [2.05, 4.69) is 11.4 Å². The summed E-state index contributed by atoms with van der Waals surface area (Å²) in [6.07, 6.45) is 3.39. The van der Waals surface area contributed by atoms with E-state index in [1.807, 2.05) is 12.3 Å². The zero-order valence-corrected chi connectivity index (χ0v) is 8.78. The van der Waals surface area contributed by atoms with E-state index in [-0.39, 0.29) is 5.91 Å². The van der Waals surface area contributed by atoms with Gasteiger partial charge in [0.1, 0.15) is 0 Å². The Balaban J connectivity index is 2.45. The summed E-state index contributed by atoms with van der Waals surface area (Å²) >= 11 is 1.63. The molecule has 14 heavy (non-hydrogen) atoms. The molecule has 2 rings (SSSR count). The number of nitrogens with one attached hydrogen (secondary N) is 1. The third kappa shape index (κ3) is 1.57. The first-order valence-corrected chi connectivity index (χ1v) is 5.69. The van der Waals surface area contributed by atoms with E-state index in [0.717, 1.165) is 22.7 Å². The van der Waals surface area contributed by atoms with Crippen LogP contribution in [0.25, 0.3) is 0 Å². The molecule has 0 aromatic heterocycles. The van der Waals surface area contributed by atoms with E-state index in [9.17, 15) is 4.79 Å². The summed E-state index contributed by atoms with van der Waals surface area (Å²) in [5.41, 5.74) is 8.62. The number of rotatable bonds is 1. The number of thioether (sulfide) groups is 1. The molecule has 0 aliphatic carbocycles. The maximum atomic E-state index is 11.1. The Morgan fingerprint density at radius 3 is 2.93 bits per heavy atom. The fraction of sp³-hybridized carbons (Fsp3) is 0.300. The van der Waals surface area contributed by atoms with Gasteiger partial charge in [0.25, 0.3) is 0 Å². The lowest BCUT2D eigenvalue weighted by Crippen LogP contribution is -2.19. The number of amides is 1. The van der Waals surface area contributed by atoms with Crippen LogP contribution in [-0.2, 0) is 11.2 Å². The predicted octanol–water partition coefficient (Wildman–Crippen LogP) is 1.88. The lowest BCUT2D eigenvalue weighted by molar-refractivity contribution is -0.116. The third-order valence-corrected chi connectivity index (χ3v) is 3.14. The molecule has 3 nitrogen and oxygen atoms in total. The first kappa shape index (κ1) is 9.40. The Kier molecular flexibility index (Phi) is 2.37. The Morgan fingerprint density at radius 2 is 2.21 bits per heavy atom. The summed E-state index contributed by atoms with van der Waals surface area (Å²) in [6, 6.07) is 3.91. The normalized spacial score (nSPS) is 14.8. The Labute approximate surface area is 87.1 Å². The maximum Gasteiger partial charge on any atom is 0.224 e. The van der Waals surface area contributed by atoms with E-state index < -0.39 is 0 Å². The second-order valence-electron chi connectivity index (χ2n) is 3.30. The standard InChI is InChI=1S/C10H12N2OS/c1-14-9-4-6-2-3-10(13)12-8(6)5-7(9)11/h4-5H,2-3,11H2,1H3,(H,12,13). The molecule has 1 aliphatic rings. The van der Waals surface area contributed by atoms with Gasteiger partial charge in [-0.1, -0.05) is 0 Å². The van der Waals surface area contributed by atoms with Gasteiger partial charge in [0.05, 0.1) is 0 Å². The molecule has 0 radical (unpaired) electrons. The van der Waals surface area contributed by atoms with Crippen molar-refractivity contribution in [2.24, 2.45) is 0 Å². The van der Waals surface area contributed by atoms with Gasteiger partial charge in [0.15, 0.2) is 0 Å². The number of aryl methyl sites for hydroxylation is 1. The van der Waals surface area contributed by atoms with Gasteiger partial charge in [0, 0.05) is 22.7 Å². The van der Waals surface area contributed by atoms with Crippen molar-refractivity contribution in [3.63, 3.8) is 0 Å². The second kappa shape index (κ2) is 3.53. The second-order valence-corrected chi connectivity index (χ2v) is 4.15. The minimum atomic E-state index is 0.0776. The minimum Gasteiger partial charge on any atom is -0.398 e. The van der Waals surface area contributed by atoms with Crippen LogP contribution >= 0.6 is 11.8 Å². The van der Waals surface area contributed by atoms with Gasteiger partial charge < -0.3 is 11.1 Å². The first-order valence-electron chi connectivity index (χ1n) is 4.47. The van der Waals surface area contributed by atoms with Gasteiger partial charge in [-0.3, -0.25) is 4.79 Å². The van der Waals surface area contributed by atoms with Crippen LogP contribution in [0, 0.1) is 0 Å². The highest BCUT2D eigenvalue weighted by Crippen LogP contribution is 2.32. The molecule has 3 N–H and O–H groups in total. The molecular formula is C10H12N2OS. The smallest absolute Gasteiger partial charge is 0.224 e. The predicted molar refractivity (Wildman–Crippen MR) is 59.6 cm³/mol. The monoisotopic (exact) mass is 208 g/mol. The van der Waals surface area contributed by atoms with Crippen molar-refractivity contribution in [3.8, 4) is 0 Å². The van der Waals surface area contributed by atoms with Crippen LogP contribution in [0.15, 0.2) is 17.0 Å². The van der Waals surface area contributed by atoms with Crippen molar-refractivity contribution >= 4 is 29.0 Å². The summed E-state index contributed by atoms with van der Waals surface area (Å²) in [4.78, 5) is 12.2. The molecule has 1 heterocycles. The molecule has 0 spiro atoms. The minimum absolute atomic E-state index is 0.0776. The summed E-state index contributed by atoms with van der Waals surface area (Å²) in [5, 5.41) is 2.82. The summed E-state index contributed by atoms with van der Waals surface area (Å²) in [5.74, 6) is 0.0776. The number of hydrogen-bond acceptors (Lipinski definition) is 3. The molecule has 1 aliphatic heterocycles. The van der Waals surface area contributed by atoms with Crippen LogP contribution in [0.5, 0.6) is 0 Å². The maximum absolute atomic E-state index is 11.1. The number of nitrogens with two attached hydrogens (primary N) is 1. The topological polar surface area (TPSA) is 55.1 Å². The van der Waals surface area contributed by atoms with E-state index in [4.69, 9.17) is 5.73 Å². The number of hydrogen-bond donors (Lipinski definition) is 2. The molecular weight excluding hydrogens is 196 g/mol. The third-order valence-electron chi connectivity index (χ3n) is 2.35. The highest BCUT2D eigenvalue weighted by atomic mass is 32.2. The molecule has 1 aromatic carbocycles. The van der Waals surface area contributed by atoms with Crippen molar-refractivity contribution in [2.45, 2.75) is 17.7 Å². The lowest BCUT2D eigenvalue weighted by Gasteiger charge is -2.18. The van der Waals surface area contributed by atoms with Crippen LogP contribution in [-0.4, -0.2) is 12.2 Å². The summed E-state index contributed by atoms with van der Waals surface area (Å²) in [7, 11) is 0. The van der Waals surface area contributed by atoms with Crippen LogP contribution in [0.3, 0.4) is 0 Å². The molecule has 0 saturated carbocycles. The summed E-state index contributed by atoms with van der Waals surface area (Å²) in [6.45, 7) is 0. The molecule has 0 unspecified atom stereocenters. The number of carbonyl (C=O) groups excluding carboxylic acids is 1. The Bertz CT molecular complexity index is 390. The average Bonchev–Trinajstić information content (AvgIpc) is 2.16. The SMILES string of the molecule is CSc1cc2c(cc1N)NC(=O)CC2. The largest absolute Gasteiger partial charge is 0.398 e. The van der Waals surface area contributed by atoms with Crippen molar-refractivity contribution in [1.82, 2.24) is 0 Å². The lowest BCUT2D eigenvalue weighted by atomic mass is 10.0. The van der Waals surface area contributed by atoms with Crippen molar-refractivity contribution in [2.75, 3.05) is 17.3 Å². The van der Waals surface area contributed by atoms with Crippen molar-refractivity contribution in [3.05, 3.63) is 17.7 Å². The number of carbonyl (C=O) groups is 1. The number of benzene rings is 1. The highest BCUT2D eigenvalue weighted by molar-refractivity contribution is 7.98. The van der Waals surface area contributed by atoms with E-state index in [1.54, 1.807) is 11.8 Å². The Hall–Kier alpha value is -1.16. The highest BCUT2D eigenvalue weighted by Gasteiger charge is 2.16. The van der Waals surface area contributed by atoms with Gasteiger partial charge in [-0.2, -0.15) is 0 Å². The van der Waals surface area contributed by atoms with Gasteiger partial charge >= 0.3 is 0 Å². The average molecular weight is 208 g/mol. The van der Waals surface area contributed by atoms with E-state index in [1.165, 1.54) is 5.56 Å². The molecule has 1 amide bonds. The molecule has 4 heteroatoms. The molecule has 0 bridgehead atoms. The number of fused-ring (bicyclic) bond motifs is 1.